The fourth-order valence-electron chi connectivity index (χ4n) is 2.11. The molecule has 0 aliphatic heterocycles. The van der Waals surface area contributed by atoms with E-state index in [1.807, 2.05) is 49.2 Å². The molecule has 0 aromatic heterocycles. The summed E-state index contributed by atoms with van der Waals surface area (Å²) in [6.45, 7) is 3.00. The molecule has 23 heavy (non-hydrogen) atoms. The maximum atomic E-state index is 12.3. The van der Waals surface area contributed by atoms with E-state index in [1.54, 1.807) is 0 Å². The third-order valence-corrected chi connectivity index (χ3v) is 3.15. The fraction of sp³-hybridized carbons (Fsp3) is 0.562. The van der Waals surface area contributed by atoms with E-state index in [1.165, 1.54) is 11.9 Å². The Morgan fingerprint density at radius 3 is 2.39 bits per heavy atom. The quantitative estimate of drug-likeness (QED) is 0.616. The smallest absolute Gasteiger partial charge is 0.357 e. The third kappa shape index (κ3) is 8.44. The van der Waals surface area contributed by atoms with Crippen LogP contribution in [0.3, 0.4) is 0 Å². The zero-order valence-corrected chi connectivity index (χ0v) is 13.9. The summed E-state index contributed by atoms with van der Waals surface area (Å²) in [5, 5.41) is 3.16. The Morgan fingerprint density at radius 1 is 1.17 bits per heavy atom. The fourth-order valence-corrected chi connectivity index (χ4v) is 2.11. The first-order chi connectivity index (χ1) is 10.8. The van der Waals surface area contributed by atoms with Crippen LogP contribution in [-0.2, 0) is 6.54 Å². The third-order valence-electron chi connectivity index (χ3n) is 3.15. The largest absolute Gasteiger partial charge is 0.401 e. The van der Waals surface area contributed by atoms with Crippen molar-refractivity contribution in [2.75, 3.05) is 40.3 Å². The summed E-state index contributed by atoms with van der Waals surface area (Å²) in [6, 6.07) is 9.95. The summed E-state index contributed by atoms with van der Waals surface area (Å²) < 4.78 is 36.9. The summed E-state index contributed by atoms with van der Waals surface area (Å²) in [7, 11) is 3.36. The van der Waals surface area contributed by atoms with E-state index < -0.39 is 12.7 Å². The second-order valence-electron chi connectivity index (χ2n) is 5.43. The molecular weight excluding hydrogens is 305 g/mol. The Morgan fingerprint density at radius 2 is 1.83 bits per heavy atom. The van der Waals surface area contributed by atoms with Gasteiger partial charge in [0.05, 0.1) is 13.1 Å². The number of alkyl halides is 3. The molecule has 0 bridgehead atoms. The molecule has 4 nitrogen and oxygen atoms in total. The summed E-state index contributed by atoms with van der Waals surface area (Å²) in [4.78, 5) is 7.59. The minimum Gasteiger partial charge on any atom is -0.357 e. The molecular formula is C16H25F3N4. The molecule has 0 atom stereocenters. The lowest BCUT2D eigenvalue weighted by atomic mass is 10.2. The highest BCUT2D eigenvalue weighted by molar-refractivity contribution is 5.79. The molecule has 1 aromatic carbocycles. The van der Waals surface area contributed by atoms with E-state index in [-0.39, 0.29) is 6.54 Å². The molecule has 130 valence electrons. The highest BCUT2D eigenvalue weighted by atomic mass is 19.4. The number of benzene rings is 1. The number of rotatable bonds is 7. The molecule has 0 aliphatic carbocycles. The summed E-state index contributed by atoms with van der Waals surface area (Å²) >= 11 is 0. The van der Waals surface area contributed by atoms with Crippen molar-refractivity contribution < 1.29 is 13.2 Å². The maximum Gasteiger partial charge on any atom is 0.401 e. The van der Waals surface area contributed by atoms with E-state index >= 15 is 0 Å². The summed E-state index contributed by atoms with van der Waals surface area (Å²) in [6.07, 6.45) is -4.17. The first-order valence-electron chi connectivity index (χ1n) is 7.60. The molecule has 0 fully saturated rings. The van der Waals surface area contributed by atoms with Gasteiger partial charge in [0.2, 0.25) is 0 Å². The molecule has 0 amide bonds. The molecule has 0 saturated carbocycles. The van der Waals surface area contributed by atoms with Gasteiger partial charge in [-0.2, -0.15) is 13.2 Å². The van der Waals surface area contributed by atoms with Crippen molar-refractivity contribution in [2.24, 2.45) is 4.99 Å². The zero-order valence-electron chi connectivity index (χ0n) is 13.9. The number of hydrogen-bond acceptors (Lipinski definition) is 2. The number of hydrogen-bond donors (Lipinski definition) is 1. The van der Waals surface area contributed by atoms with Crippen LogP contribution in [0.1, 0.15) is 12.5 Å². The number of halogens is 3. The van der Waals surface area contributed by atoms with Crippen LogP contribution in [0, 0.1) is 0 Å². The molecule has 0 radical (unpaired) electrons. The van der Waals surface area contributed by atoms with Crippen LogP contribution in [0.2, 0.25) is 0 Å². The average Bonchev–Trinajstić information content (AvgIpc) is 2.45. The molecule has 0 saturated heterocycles. The zero-order chi connectivity index (χ0) is 17.3. The van der Waals surface area contributed by atoms with Gasteiger partial charge in [0.1, 0.15) is 0 Å². The Balaban J connectivity index is 2.55. The normalized spacial score (nSPS) is 12.6. The molecule has 0 heterocycles. The lowest BCUT2D eigenvalue weighted by molar-refractivity contribution is -0.142. The number of likely N-dealkylation sites (N-methyl/N-ethyl adjacent to an activating group) is 1. The lowest BCUT2D eigenvalue weighted by Crippen LogP contribution is -2.39. The SMILES string of the molecule is CCNC(=NCCN(C)CC(F)(F)F)N(C)Cc1ccccc1. The predicted octanol–water partition coefficient (Wildman–Crippen LogP) is 2.58. The number of nitrogens with zero attached hydrogens (tertiary/aromatic N) is 3. The van der Waals surface area contributed by atoms with Crippen molar-refractivity contribution in [1.82, 2.24) is 15.1 Å². The van der Waals surface area contributed by atoms with Gasteiger partial charge in [-0.3, -0.25) is 9.89 Å². The van der Waals surface area contributed by atoms with Crippen molar-refractivity contribution in [2.45, 2.75) is 19.6 Å². The molecule has 1 aromatic rings. The van der Waals surface area contributed by atoms with Gasteiger partial charge in [-0.25, -0.2) is 0 Å². The first-order valence-corrected chi connectivity index (χ1v) is 7.60. The van der Waals surface area contributed by atoms with Gasteiger partial charge in [-0.15, -0.1) is 0 Å². The number of guanidine groups is 1. The van der Waals surface area contributed by atoms with Crippen molar-refractivity contribution in [3.8, 4) is 0 Å². The minimum absolute atomic E-state index is 0.258. The van der Waals surface area contributed by atoms with Crippen LogP contribution in [0.4, 0.5) is 13.2 Å². The van der Waals surface area contributed by atoms with Gasteiger partial charge in [0.15, 0.2) is 5.96 Å². The minimum atomic E-state index is -4.17. The summed E-state index contributed by atoms with van der Waals surface area (Å²) in [5.74, 6) is 0.691. The van der Waals surface area contributed by atoms with E-state index in [0.29, 0.717) is 25.6 Å². The van der Waals surface area contributed by atoms with Gasteiger partial charge in [-0.05, 0) is 19.5 Å². The molecule has 0 aliphatic rings. The van der Waals surface area contributed by atoms with Gasteiger partial charge in [0.25, 0.3) is 0 Å². The van der Waals surface area contributed by atoms with Crippen LogP contribution in [0.15, 0.2) is 35.3 Å². The second kappa shape index (κ2) is 9.39. The van der Waals surface area contributed by atoms with Crippen molar-refractivity contribution in [1.29, 1.82) is 0 Å². The topological polar surface area (TPSA) is 30.9 Å². The Kier molecular flexibility index (Phi) is 7.88. The van der Waals surface area contributed by atoms with Gasteiger partial charge in [-0.1, -0.05) is 30.3 Å². The van der Waals surface area contributed by atoms with Crippen molar-refractivity contribution in [3.63, 3.8) is 0 Å². The second-order valence-corrected chi connectivity index (χ2v) is 5.43. The molecule has 7 heteroatoms. The first kappa shape index (κ1) is 19.3. The maximum absolute atomic E-state index is 12.3. The van der Waals surface area contributed by atoms with Crippen LogP contribution in [0.5, 0.6) is 0 Å². The predicted molar refractivity (Wildman–Crippen MR) is 87.4 cm³/mol. The van der Waals surface area contributed by atoms with Crippen LogP contribution in [-0.4, -0.2) is 62.2 Å². The molecule has 0 unspecified atom stereocenters. The van der Waals surface area contributed by atoms with Crippen LogP contribution < -0.4 is 5.32 Å². The Labute approximate surface area is 136 Å². The van der Waals surface area contributed by atoms with Gasteiger partial charge < -0.3 is 10.2 Å². The standard InChI is InChI=1S/C16H25F3N4/c1-4-20-15(21-10-11-22(2)13-16(17,18)19)23(3)12-14-8-6-5-7-9-14/h5-9H,4,10-13H2,1-3H3,(H,20,21). The number of aliphatic imine (C=N–C) groups is 1. The van der Waals surface area contributed by atoms with Gasteiger partial charge in [0, 0.05) is 26.7 Å². The highest BCUT2D eigenvalue weighted by Gasteiger charge is 2.28. The highest BCUT2D eigenvalue weighted by Crippen LogP contribution is 2.15. The summed E-state index contributed by atoms with van der Waals surface area (Å²) in [5.41, 5.74) is 1.15. The average molecular weight is 330 g/mol. The lowest BCUT2D eigenvalue weighted by Gasteiger charge is -2.23. The number of nitrogens with one attached hydrogen (secondary N) is 1. The van der Waals surface area contributed by atoms with Crippen molar-refractivity contribution in [3.05, 3.63) is 35.9 Å². The van der Waals surface area contributed by atoms with E-state index in [4.69, 9.17) is 0 Å². The Bertz CT molecular complexity index is 474. The van der Waals surface area contributed by atoms with Crippen LogP contribution >= 0.6 is 0 Å². The van der Waals surface area contributed by atoms with E-state index in [9.17, 15) is 13.2 Å². The van der Waals surface area contributed by atoms with E-state index in [2.05, 4.69) is 10.3 Å². The molecule has 1 N–H and O–H groups in total. The van der Waals surface area contributed by atoms with Crippen LogP contribution in [0.25, 0.3) is 0 Å². The molecule has 0 spiro atoms. The van der Waals surface area contributed by atoms with E-state index in [0.717, 1.165) is 5.56 Å². The monoisotopic (exact) mass is 330 g/mol. The van der Waals surface area contributed by atoms with Crippen molar-refractivity contribution >= 4 is 5.96 Å². The van der Waals surface area contributed by atoms with Gasteiger partial charge >= 0.3 is 6.18 Å². The molecule has 1 rings (SSSR count). The Hall–Kier alpha value is -1.76.